The highest BCUT2D eigenvalue weighted by Crippen LogP contribution is 2.23. The molecule has 1 atom stereocenters. The molecule has 2 heterocycles. The SMILES string of the molecule is CCNC(=NCCC(C)c1ccc(OC)cc1)N1CCC(C(=O)N2CCOCC2)CC1. The number of morpholine rings is 1. The van der Waals surface area contributed by atoms with E-state index in [1.807, 2.05) is 17.0 Å². The highest BCUT2D eigenvalue weighted by molar-refractivity contribution is 5.82. The van der Waals surface area contributed by atoms with Crippen molar-refractivity contribution in [3.63, 3.8) is 0 Å². The van der Waals surface area contributed by atoms with Crippen molar-refractivity contribution in [3.05, 3.63) is 29.8 Å². The number of carbonyl (C=O) groups is 1. The van der Waals surface area contributed by atoms with E-state index in [0.717, 1.165) is 70.2 Å². The summed E-state index contributed by atoms with van der Waals surface area (Å²) in [7, 11) is 1.69. The van der Waals surface area contributed by atoms with Crippen molar-refractivity contribution in [2.45, 2.75) is 39.0 Å². The quantitative estimate of drug-likeness (QED) is 0.532. The van der Waals surface area contributed by atoms with Gasteiger partial charge < -0.3 is 24.6 Å². The summed E-state index contributed by atoms with van der Waals surface area (Å²) in [4.78, 5) is 22.0. The van der Waals surface area contributed by atoms with Crippen molar-refractivity contribution in [1.82, 2.24) is 15.1 Å². The van der Waals surface area contributed by atoms with Crippen LogP contribution in [0.1, 0.15) is 44.6 Å². The van der Waals surface area contributed by atoms with Gasteiger partial charge in [-0.3, -0.25) is 9.79 Å². The van der Waals surface area contributed by atoms with Crippen LogP contribution >= 0.6 is 0 Å². The number of guanidine groups is 1. The fourth-order valence-electron chi connectivity index (χ4n) is 4.27. The molecule has 2 fully saturated rings. The zero-order valence-electron chi connectivity index (χ0n) is 19.3. The molecule has 7 nitrogen and oxygen atoms in total. The molecule has 0 bridgehead atoms. The van der Waals surface area contributed by atoms with E-state index in [-0.39, 0.29) is 5.92 Å². The van der Waals surface area contributed by atoms with Gasteiger partial charge in [0.15, 0.2) is 5.96 Å². The number of hydrogen-bond acceptors (Lipinski definition) is 4. The van der Waals surface area contributed by atoms with Gasteiger partial charge in [0, 0.05) is 45.2 Å². The van der Waals surface area contributed by atoms with Gasteiger partial charge in [-0.1, -0.05) is 19.1 Å². The van der Waals surface area contributed by atoms with E-state index in [1.54, 1.807) is 7.11 Å². The van der Waals surface area contributed by atoms with Gasteiger partial charge in [0.1, 0.15) is 5.75 Å². The number of nitrogens with one attached hydrogen (secondary N) is 1. The summed E-state index contributed by atoms with van der Waals surface area (Å²) < 4.78 is 10.6. The monoisotopic (exact) mass is 430 g/mol. The Bertz CT molecular complexity index is 708. The van der Waals surface area contributed by atoms with Crippen molar-refractivity contribution in [2.24, 2.45) is 10.9 Å². The Labute approximate surface area is 186 Å². The molecule has 7 heteroatoms. The molecule has 0 aliphatic carbocycles. The standard InChI is InChI=1S/C24H38N4O3/c1-4-25-24(26-12-9-19(2)20-5-7-22(30-3)8-6-20)28-13-10-21(11-14-28)23(29)27-15-17-31-18-16-27/h5-8,19,21H,4,9-18H2,1-3H3,(H,25,26). The molecule has 172 valence electrons. The summed E-state index contributed by atoms with van der Waals surface area (Å²) in [5.74, 6) is 2.74. The molecule has 3 rings (SSSR count). The fraction of sp³-hybridized carbons (Fsp3) is 0.667. The van der Waals surface area contributed by atoms with Gasteiger partial charge in [0.2, 0.25) is 5.91 Å². The van der Waals surface area contributed by atoms with Crippen LogP contribution in [0.3, 0.4) is 0 Å². The van der Waals surface area contributed by atoms with Gasteiger partial charge >= 0.3 is 0 Å². The van der Waals surface area contributed by atoms with E-state index in [0.29, 0.717) is 25.0 Å². The minimum Gasteiger partial charge on any atom is -0.497 e. The van der Waals surface area contributed by atoms with Crippen molar-refractivity contribution in [3.8, 4) is 5.75 Å². The van der Waals surface area contributed by atoms with Crippen LogP contribution in [0.5, 0.6) is 5.75 Å². The molecule has 1 aromatic rings. The smallest absolute Gasteiger partial charge is 0.225 e. The second-order valence-corrected chi connectivity index (χ2v) is 8.40. The maximum atomic E-state index is 12.8. The Kier molecular flexibility index (Phi) is 9.00. The highest BCUT2D eigenvalue weighted by Gasteiger charge is 2.30. The van der Waals surface area contributed by atoms with Gasteiger partial charge in [-0.15, -0.1) is 0 Å². The molecule has 0 spiro atoms. The van der Waals surface area contributed by atoms with E-state index in [2.05, 4.69) is 36.2 Å². The zero-order valence-corrected chi connectivity index (χ0v) is 19.3. The third-order valence-corrected chi connectivity index (χ3v) is 6.31. The molecule has 1 aromatic carbocycles. The van der Waals surface area contributed by atoms with Crippen molar-refractivity contribution >= 4 is 11.9 Å². The lowest BCUT2D eigenvalue weighted by Gasteiger charge is -2.36. The molecule has 1 N–H and O–H groups in total. The third-order valence-electron chi connectivity index (χ3n) is 6.31. The number of amides is 1. The third kappa shape index (κ3) is 6.60. The first-order valence-corrected chi connectivity index (χ1v) is 11.7. The second-order valence-electron chi connectivity index (χ2n) is 8.40. The summed E-state index contributed by atoms with van der Waals surface area (Å²) in [5, 5.41) is 3.44. The summed E-state index contributed by atoms with van der Waals surface area (Å²) in [6.07, 6.45) is 2.78. The van der Waals surface area contributed by atoms with Gasteiger partial charge in [-0.2, -0.15) is 0 Å². The lowest BCUT2D eigenvalue weighted by Crippen LogP contribution is -2.50. The number of rotatable bonds is 7. The predicted octanol–water partition coefficient (Wildman–Crippen LogP) is 2.73. The molecular weight excluding hydrogens is 392 g/mol. The Hall–Kier alpha value is -2.28. The average Bonchev–Trinajstić information content (AvgIpc) is 2.83. The molecular formula is C24H38N4O3. The Morgan fingerprint density at radius 2 is 1.84 bits per heavy atom. The number of carbonyl (C=O) groups excluding carboxylic acids is 1. The van der Waals surface area contributed by atoms with Crippen LogP contribution in [0.4, 0.5) is 0 Å². The number of ether oxygens (including phenoxy) is 2. The Morgan fingerprint density at radius 3 is 2.45 bits per heavy atom. The molecule has 0 saturated carbocycles. The van der Waals surface area contributed by atoms with Crippen LogP contribution in [0.25, 0.3) is 0 Å². The number of piperidine rings is 1. The number of methoxy groups -OCH3 is 1. The van der Waals surface area contributed by atoms with E-state index in [4.69, 9.17) is 14.5 Å². The minimum absolute atomic E-state index is 0.132. The molecule has 0 radical (unpaired) electrons. The normalized spacial score (nSPS) is 19.3. The molecule has 0 aromatic heterocycles. The summed E-state index contributed by atoms with van der Waals surface area (Å²) in [6, 6.07) is 8.30. The van der Waals surface area contributed by atoms with Gasteiger partial charge in [-0.25, -0.2) is 0 Å². The number of hydrogen-bond donors (Lipinski definition) is 1. The van der Waals surface area contributed by atoms with Gasteiger partial charge in [-0.05, 0) is 49.8 Å². The van der Waals surface area contributed by atoms with Crippen molar-refractivity contribution in [1.29, 1.82) is 0 Å². The van der Waals surface area contributed by atoms with Crippen LogP contribution in [0, 0.1) is 5.92 Å². The Balaban J connectivity index is 1.49. The maximum Gasteiger partial charge on any atom is 0.225 e. The van der Waals surface area contributed by atoms with Crippen LogP contribution in [-0.2, 0) is 9.53 Å². The number of benzene rings is 1. The highest BCUT2D eigenvalue weighted by atomic mass is 16.5. The lowest BCUT2D eigenvalue weighted by atomic mass is 9.95. The largest absolute Gasteiger partial charge is 0.497 e. The molecule has 1 amide bonds. The molecule has 31 heavy (non-hydrogen) atoms. The summed E-state index contributed by atoms with van der Waals surface area (Å²) in [5.41, 5.74) is 1.31. The maximum absolute atomic E-state index is 12.8. The summed E-state index contributed by atoms with van der Waals surface area (Å²) in [6.45, 7) is 10.5. The number of aliphatic imine (C=N–C) groups is 1. The van der Waals surface area contributed by atoms with Crippen molar-refractivity contribution < 1.29 is 14.3 Å². The second kappa shape index (κ2) is 11.9. The van der Waals surface area contributed by atoms with Crippen LogP contribution in [0.2, 0.25) is 0 Å². The number of likely N-dealkylation sites (tertiary alicyclic amines) is 1. The number of nitrogens with zero attached hydrogens (tertiary/aromatic N) is 3. The summed E-state index contributed by atoms with van der Waals surface area (Å²) >= 11 is 0. The first-order chi connectivity index (χ1) is 15.1. The average molecular weight is 431 g/mol. The molecule has 2 aliphatic rings. The van der Waals surface area contributed by atoms with E-state index in [1.165, 1.54) is 5.56 Å². The van der Waals surface area contributed by atoms with E-state index >= 15 is 0 Å². The van der Waals surface area contributed by atoms with Crippen LogP contribution in [-0.4, -0.2) is 81.3 Å². The first kappa shape index (κ1) is 23.4. The Morgan fingerprint density at radius 1 is 1.16 bits per heavy atom. The van der Waals surface area contributed by atoms with Gasteiger partial charge in [0.25, 0.3) is 0 Å². The van der Waals surface area contributed by atoms with Crippen molar-refractivity contribution in [2.75, 3.05) is 59.6 Å². The zero-order chi connectivity index (χ0) is 22.1. The fourth-order valence-corrected chi connectivity index (χ4v) is 4.27. The molecule has 2 aliphatic heterocycles. The topological polar surface area (TPSA) is 66.4 Å². The van der Waals surface area contributed by atoms with E-state index in [9.17, 15) is 4.79 Å². The van der Waals surface area contributed by atoms with Gasteiger partial charge in [0.05, 0.1) is 20.3 Å². The predicted molar refractivity (Wildman–Crippen MR) is 124 cm³/mol. The lowest BCUT2D eigenvalue weighted by molar-refractivity contribution is -0.140. The molecule has 1 unspecified atom stereocenters. The minimum atomic E-state index is 0.132. The van der Waals surface area contributed by atoms with Crippen LogP contribution < -0.4 is 10.1 Å². The van der Waals surface area contributed by atoms with E-state index < -0.39 is 0 Å². The van der Waals surface area contributed by atoms with Crippen LogP contribution in [0.15, 0.2) is 29.3 Å². The first-order valence-electron chi connectivity index (χ1n) is 11.7. The molecule has 2 saturated heterocycles.